The Hall–Kier alpha value is -4.71. The van der Waals surface area contributed by atoms with Crippen molar-refractivity contribution in [3.05, 3.63) is 118 Å². The summed E-state index contributed by atoms with van der Waals surface area (Å²) in [5.74, 6) is -0.864. The van der Waals surface area contributed by atoms with Crippen LogP contribution in [0.3, 0.4) is 0 Å². The molecular weight excluding hydrogens is 496 g/mol. The second kappa shape index (κ2) is 12.0. The Morgan fingerprint density at radius 3 is 2.25 bits per heavy atom. The lowest BCUT2D eigenvalue weighted by atomic mass is 9.98. The number of nitrogens with one attached hydrogen (secondary N) is 2. The fraction of sp³-hybridized carbons (Fsp3) is 0.206. The molecule has 0 fully saturated rings. The van der Waals surface area contributed by atoms with Gasteiger partial charge in [0.25, 0.3) is 11.8 Å². The van der Waals surface area contributed by atoms with Gasteiger partial charge >= 0.3 is 0 Å². The minimum Gasteiger partial charge on any atom is -0.372 e. The Morgan fingerprint density at radius 1 is 0.850 bits per heavy atom. The first-order valence-corrected chi connectivity index (χ1v) is 13.8. The first-order valence-electron chi connectivity index (χ1n) is 13.8. The standard InChI is InChI=1S/C34H34N4O2/c1-4-38(5-2)28-19-14-24(15-20-28)22-31(35-33(39)27-10-7-6-8-11-27)34(40)37-36-23(3)29-21-18-26-17-16-25-12-9-13-30(29)32(25)26/h6-15,18-22H,4-5,16-17H2,1-3H3,(H,35,39)(H,37,40). The summed E-state index contributed by atoms with van der Waals surface area (Å²) in [5, 5.41) is 9.67. The van der Waals surface area contributed by atoms with Gasteiger partial charge in [-0.1, -0.05) is 60.7 Å². The molecule has 202 valence electrons. The number of hydrogen-bond acceptors (Lipinski definition) is 4. The van der Waals surface area contributed by atoms with Crippen LogP contribution in [-0.2, 0) is 17.6 Å². The molecule has 2 N–H and O–H groups in total. The van der Waals surface area contributed by atoms with Crippen LogP contribution in [0, 0.1) is 0 Å². The molecule has 40 heavy (non-hydrogen) atoms. The third-order valence-corrected chi connectivity index (χ3v) is 7.45. The van der Waals surface area contributed by atoms with Crippen molar-refractivity contribution in [3.63, 3.8) is 0 Å². The largest absolute Gasteiger partial charge is 0.372 e. The maximum Gasteiger partial charge on any atom is 0.287 e. The third-order valence-electron chi connectivity index (χ3n) is 7.45. The van der Waals surface area contributed by atoms with E-state index in [0.717, 1.165) is 48.1 Å². The first kappa shape index (κ1) is 26.9. The fourth-order valence-electron chi connectivity index (χ4n) is 5.30. The van der Waals surface area contributed by atoms with Crippen LogP contribution in [0.2, 0.25) is 0 Å². The van der Waals surface area contributed by atoms with E-state index < -0.39 is 5.91 Å². The number of amides is 2. The van der Waals surface area contributed by atoms with Crippen LogP contribution in [0.5, 0.6) is 0 Å². The molecule has 5 rings (SSSR count). The van der Waals surface area contributed by atoms with Crippen molar-refractivity contribution in [1.29, 1.82) is 0 Å². The topological polar surface area (TPSA) is 73.8 Å². The maximum absolute atomic E-state index is 13.4. The molecule has 0 spiro atoms. The highest BCUT2D eigenvalue weighted by molar-refractivity contribution is 6.12. The number of nitrogens with zero attached hydrogens (tertiary/aromatic N) is 2. The van der Waals surface area contributed by atoms with Gasteiger partial charge in [0.15, 0.2) is 0 Å². The number of aryl methyl sites for hydroxylation is 2. The van der Waals surface area contributed by atoms with Crippen LogP contribution in [0.4, 0.5) is 5.69 Å². The SMILES string of the molecule is CCN(CC)c1ccc(C=C(NC(=O)c2ccccc2)C(=O)NN=C(C)c2ccc3c4c(cccc24)CC3)cc1. The first-order chi connectivity index (χ1) is 19.5. The van der Waals surface area contributed by atoms with Gasteiger partial charge in [-0.2, -0.15) is 5.10 Å². The summed E-state index contributed by atoms with van der Waals surface area (Å²) < 4.78 is 0. The second-order valence-corrected chi connectivity index (χ2v) is 9.89. The van der Waals surface area contributed by atoms with Gasteiger partial charge in [-0.25, -0.2) is 5.43 Å². The highest BCUT2D eigenvalue weighted by Crippen LogP contribution is 2.33. The van der Waals surface area contributed by atoms with Crippen molar-refractivity contribution in [2.75, 3.05) is 18.0 Å². The zero-order valence-corrected chi connectivity index (χ0v) is 23.2. The van der Waals surface area contributed by atoms with Crippen LogP contribution in [0.25, 0.3) is 16.8 Å². The number of anilines is 1. The van der Waals surface area contributed by atoms with E-state index in [9.17, 15) is 9.59 Å². The Balaban J connectivity index is 1.42. The highest BCUT2D eigenvalue weighted by Gasteiger charge is 2.18. The van der Waals surface area contributed by atoms with Crippen molar-refractivity contribution in [2.45, 2.75) is 33.6 Å². The van der Waals surface area contributed by atoms with Crippen LogP contribution in [0.1, 0.15) is 53.4 Å². The van der Waals surface area contributed by atoms with Crippen LogP contribution in [0.15, 0.2) is 95.7 Å². The lowest BCUT2D eigenvalue weighted by Crippen LogP contribution is -2.33. The van der Waals surface area contributed by atoms with Crippen molar-refractivity contribution < 1.29 is 9.59 Å². The van der Waals surface area contributed by atoms with E-state index in [2.05, 4.69) is 64.9 Å². The Bertz CT molecular complexity index is 1590. The molecule has 0 bridgehead atoms. The van der Waals surface area contributed by atoms with Gasteiger partial charge in [0, 0.05) is 29.9 Å². The minimum atomic E-state index is -0.498. The summed E-state index contributed by atoms with van der Waals surface area (Å²) in [6, 6.07) is 27.4. The molecule has 0 radical (unpaired) electrons. The van der Waals surface area contributed by atoms with Gasteiger partial charge in [-0.15, -0.1) is 0 Å². The lowest BCUT2D eigenvalue weighted by molar-refractivity contribution is -0.117. The number of carbonyl (C=O) groups excluding carboxylic acids is 2. The molecule has 0 saturated carbocycles. The van der Waals surface area contributed by atoms with Crippen molar-refractivity contribution >= 4 is 40.1 Å². The van der Waals surface area contributed by atoms with Gasteiger partial charge in [-0.3, -0.25) is 9.59 Å². The summed E-state index contributed by atoms with van der Waals surface area (Å²) in [6.07, 6.45) is 3.77. The summed E-state index contributed by atoms with van der Waals surface area (Å²) >= 11 is 0. The third kappa shape index (κ3) is 5.66. The molecule has 0 heterocycles. The van der Waals surface area contributed by atoms with E-state index in [-0.39, 0.29) is 11.6 Å². The summed E-state index contributed by atoms with van der Waals surface area (Å²) in [4.78, 5) is 28.6. The number of hydrazone groups is 1. The molecular formula is C34H34N4O2. The van der Waals surface area contributed by atoms with Crippen molar-refractivity contribution in [1.82, 2.24) is 10.7 Å². The molecule has 0 unspecified atom stereocenters. The molecule has 0 aromatic heterocycles. The second-order valence-electron chi connectivity index (χ2n) is 9.89. The molecule has 4 aromatic carbocycles. The van der Waals surface area contributed by atoms with Crippen LogP contribution < -0.4 is 15.6 Å². The van der Waals surface area contributed by atoms with E-state index in [1.807, 2.05) is 37.3 Å². The van der Waals surface area contributed by atoms with Crippen molar-refractivity contribution in [3.8, 4) is 0 Å². The normalized spacial score (nSPS) is 12.9. The summed E-state index contributed by atoms with van der Waals surface area (Å²) in [6.45, 7) is 7.93. The van der Waals surface area contributed by atoms with E-state index >= 15 is 0 Å². The van der Waals surface area contributed by atoms with E-state index in [1.165, 1.54) is 16.5 Å². The summed E-state index contributed by atoms with van der Waals surface area (Å²) in [7, 11) is 0. The number of carbonyl (C=O) groups is 2. The van der Waals surface area contributed by atoms with E-state index in [1.54, 1.807) is 30.3 Å². The fourth-order valence-corrected chi connectivity index (χ4v) is 5.30. The number of benzene rings is 4. The average Bonchev–Trinajstić information content (AvgIpc) is 3.42. The average molecular weight is 531 g/mol. The van der Waals surface area contributed by atoms with Gasteiger partial charge in [-0.05, 0) is 91.4 Å². The lowest BCUT2D eigenvalue weighted by Gasteiger charge is -2.21. The molecule has 6 nitrogen and oxygen atoms in total. The summed E-state index contributed by atoms with van der Waals surface area (Å²) in [5.41, 5.74) is 9.53. The zero-order chi connectivity index (χ0) is 28.1. The Kier molecular flexibility index (Phi) is 8.06. The number of rotatable bonds is 9. The van der Waals surface area contributed by atoms with Gasteiger partial charge in [0.1, 0.15) is 5.70 Å². The van der Waals surface area contributed by atoms with Gasteiger partial charge < -0.3 is 10.2 Å². The van der Waals surface area contributed by atoms with Gasteiger partial charge in [0.05, 0.1) is 5.71 Å². The van der Waals surface area contributed by atoms with E-state index in [4.69, 9.17) is 0 Å². The molecule has 1 aliphatic rings. The predicted molar refractivity (Wildman–Crippen MR) is 164 cm³/mol. The quantitative estimate of drug-likeness (QED) is 0.156. The molecule has 2 amide bonds. The smallest absolute Gasteiger partial charge is 0.287 e. The minimum absolute atomic E-state index is 0.112. The molecule has 0 atom stereocenters. The molecule has 0 saturated heterocycles. The molecule has 4 aromatic rings. The predicted octanol–water partition coefficient (Wildman–Crippen LogP) is 6.10. The van der Waals surface area contributed by atoms with E-state index in [0.29, 0.717) is 11.3 Å². The maximum atomic E-state index is 13.4. The monoisotopic (exact) mass is 530 g/mol. The Labute approximate surface area is 235 Å². The molecule has 0 aliphatic heterocycles. The highest BCUT2D eigenvalue weighted by atomic mass is 16.2. The number of hydrogen-bond donors (Lipinski definition) is 2. The zero-order valence-electron chi connectivity index (χ0n) is 23.2. The molecule has 6 heteroatoms. The van der Waals surface area contributed by atoms with Gasteiger partial charge in [0.2, 0.25) is 0 Å². The van der Waals surface area contributed by atoms with Crippen LogP contribution in [-0.4, -0.2) is 30.6 Å². The van der Waals surface area contributed by atoms with Crippen LogP contribution >= 0.6 is 0 Å². The molecule has 1 aliphatic carbocycles. The van der Waals surface area contributed by atoms with Crippen molar-refractivity contribution in [2.24, 2.45) is 5.10 Å². The Morgan fingerprint density at radius 2 is 1.55 bits per heavy atom.